The Labute approximate surface area is 166 Å². The van der Waals surface area contributed by atoms with E-state index in [2.05, 4.69) is 22.7 Å². The van der Waals surface area contributed by atoms with E-state index in [4.69, 9.17) is 9.47 Å². The molecule has 0 spiro atoms. The van der Waals surface area contributed by atoms with Crippen LogP contribution in [0.2, 0.25) is 0 Å². The van der Waals surface area contributed by atoms with Crippen LogP contribution in [0.3, 0.4) is 0 Å². The molecule has 2 aliphatic rings. The quantitative estimate of drug-likeness (QED) is 0.794. The molecule has 1 fully saturated rings. The molecule has 4 rings (SSSR count). The van der Waals surface area contributed by atoms with Crippen molar-refractivity contribution in [2.75, 3.05) is 26.3 Å². The van der Waals surface area contributed by atoms with Crippen molar-refractivity contribution in [2.45, 2.75) is 51.5 Å². The number of carbonyl (C=O) groups excluding carboxylic acids is 1. The van der Waals surface area contributed by atoms with Gasteiger partial charge >= 0.3 is 0 Å². The number of hydrogen-bond donors (Lipinski definition) is 0. The molecule has 0 radical (unpaired) electrons. The van der Waals surface area contributed by atoms with Gasteiger partial charge in [-0.2, -0.15) is 0 Å². The minimum Gasteiger partial charge on any atom is -0.490 e. The van der Waals surface area contributed by atoms with E-state index in [0.717, 1.165) is 68.1 Å². The van der Waals surface area contributed by atoms with Gasteiger partial charge in [-0.1, -0.05) is 13.0 Å². The Morgan fingerprint density at radius 2 is 2.07 bits per heavy atom. The van der Waals surface area contributed by atoms with Crippen LogP contribution in [0.15, 0.2) is 30.6 Å². The van der Waals surface area contributed by atoms with E-state index >= 15 is 0 Å². The molecular weight excluding hydrogens is 354 g/mol. The summed E-state index contributed by atoms with van der Waals surface area (Å²) in [6, 6.07) is 6.36. The number of imidazole rings is 1. The first-order valence-electron chi connectivity index (χ1n) is 10.4. The molecule has 1 unspecified atom stereocenters. The summed E-state index contributed by atoms with van der Waals surface area (Å²) in [5, 5.41) is 0. The smallest absolute Gasteiger partial charge is 0.222 e. The zero-order valence-electron chi connectivity index (χ0n) is 16.6. The highest BCUT2D eigenvalue weighted by Crippen LogP contribution is 2.31. The molecule has 6 nitrogen and oxygen atoms in total. The molecular formula is C22H29N3O3. The van der Waals surface area contributed by atoms with Crippen molar-refractivity contribution in [3.63, 3.8) is 0 Å². The lowest BCUT2D eigenvalue weighted by atomic mass is 10.0. The highest BCUT2D eigenvalue weighted by molar-refractivity contribution is 5.76. The number of carbonyl (C=O) groups is 1. The van der Waals surface area contributed by atoms with Crippen molar-refractivity contribution in [3.8, 4) is 11.5 Å². The van der Waals surface area contributed by atoms with Crippen LogP contribution in [0, 0.1) is 0 Å². The standard InChI is InChI=1S/C22H29N3O3/c1-2-21-23-10-12-25(21)18-5-3-11-24(16-18)22(26)9-7-17-6-8-19-20(15-17)28-14-4-13-27-19/h6,8,10,12,15,18H,2-5,7,9,11,13-14,16H2,1H3. The fourth-order valence-corrected chi connectivity index (χ4v) is 4.13. The van der Waals surface area contributed by atoms with Gasteiger partial charge in [0, 0.05) is 44.7 Å². The number of ether oxygens (including phenoxy) is 2. The van der Waals surface area contributed by atoms with Crippen molar-refractivity contribution in [1.82, 2.24) is 14.5 Å². The number of aromatic nitrogens is 2. The lowest BCUT2D eigenvalue weighted by molar-refractivity contribution is -0.132. The molecule has 3 heterocycles. The Balaban J connectivity index is 1.35. The maximum atomic E-state index is 12.8. The Morgan fingerprint density at radius 1 is 1.21 bits per heavy atom. The average Bonchev–Trinajstić information content (AvgIpc) is 3.10. The van der Waals surface area contributed by atoms with Gasteiger partial charge in [0.25, 0.3) is 0 Å². The minimum atomic E-state index is 0.231. The molecule has 2 aliphatic heterocycles. The molecule has 1 atom stereocenters. The zero-order chi connectivity index (χ0) is 19.3. The van der Waals surface area contributed by atoms with Crippen molar-refractivity contribution < 1.29 is 14.3 Å². The summed E-state index contributed by atoms with van der Waals surface area (Å²) in [5.41, 5.74) is 1.12. The molecule has 1 saturated heterocycles. The van der Waals surface area contributed by atoms with Crippen LogP contribution in [0.5, 0.6) is 11.5 Å². The fraction of sp³-hybridized carbons (Fsp3) is 0.545. The first kappa shape index (κ1) is 18.8. The van der Waals surface area contributed by atoms with E-state index < -0.39 is 0 Å². The van der Waals surface area contributed by atoms with Gasteiger partial charge < -0.3 is 18.9 Å². The summed E-state index contributed by atoms with van der Waals surface area (Å²) in [4.78, 5) is 19.3. The molecule has 0 bridgehead atoms. The molecule has 0 N–H and O–H groups in total. The number of fused-ring (bicyclic) bond motifs is 1. The lowest BCUT2D eigenvalue weighted by Gasteiger charge is -2.34. The SMILES string of the molecule is CCc1nccn1C1CCCN(C(=O)CCc2ccc3c(c2)OCCCO3)C1. The summed E-state index contributed by atoms with van der Waals surface area (Å²) in [6.07, 6.45) is 9.13. The van der Waals surface area contributed by atoms with Gasteiger partial charge in [-0.25, -0.2) is 4.98 Å². The van der Waals surface area contributed by atoms with Gasteiger partial charge in [0.1, 0.15) is 5.82 Å². The zero-order valence-corrected chi connectivity index (χ0v) is 16.6. The Bertz CT molecular complexity index is 817. The molecule has 2 aromatic rings. The van der Waals surface area contributed by atoms with Crippen LogP contribution in [0.4, 0.5) is 0 Å². The third-order valence-corrected chi connectivity index (χ3v) is 5.65. The summed E-state index contributed by atoms with van der Waals surface area (Å²) >= 11 is 0. The summed E-state index contributed by atoms with van der Waals surface area (Å²) in [7, 11) is 0. The molecule has 28 heavy (non-hydrogen) atoms. The second kappa shape index (κ2) is 8.67. The first-order valence-corrected chi connectivity index (χ1v) is 10.4. The normalized spacial score (nSPS) is 19.3. The van der Waals surface area contributed by atoms with Gasteiger partial charge in [-0.05, 0) is 37.0 Å². The lowest BCUT2D eigenvalue weighted by Crippen LogP contribution is -2.41. The fourth-order valence-electron chi connectivity index (χ4n) is 4.13. The van der Waals surface area contributed by atoms with Gasteiger partial charge in [-0.3, -0.25) is 4.79 Å². The molecule has 0 aliphatic carbocycles. The van der Waals surface area contributed by atoms with E-state index in [1.54, 1.807) is 0 Å². The first-order chi connectivity index (χ1) is 13.7. The van der Waals surface area contributed by atoms with Gasteiger partial charge in [-0.15, -0.1) is 0 Å². The van der Waals surface area contributed by atoms with Crippen LogP contribution < -0.4 is 9.47 Å². The van der Waals surface area contributed by atoms with E-state index in [9.17, 15) is 4.79 Å². The van der Waals surface area contributed by atoms with E-state index in [0.29, 0.717) is 25.7 Å². The van der Waals surface area contributed by atoms with Crippen molar-refractivity contribution in [2.24, 2.45) is 0 Å². The second-order valence-corrected chi connectivity index (χ2v) is 7.57. The average molecular weight is 383 g/mol. The monoisotopic (exact) mass is 383 g/mol. The molecule has 6 heteroatoms. The van der Waals surface area contributed by atoms with Gasteiger partial charge in [0.2, 0.25) is 5.91 Å². The Hall–Kier alpha value is -2.50. The number of amides is 1. The van der Waals surface area contributed by atoms with Crippen LogP contribution in [0.25, 0.3) is 0 Å². The number of likely N-dealkylation sites (tertiary alicyclic amines) is 1. The number of benzene rings is 1. The molecule has 0 saturated carbocycles. The van der Waals surface area contributed by atoms with Gasteiger partial charge in [0.05, 0.1) is 19.3 Å². The predicted octanol–water partition coefficient (Wildman–Crippen LogP) is 3.40. The third-order valence-electron chi connectivity index (χ3n) is 5.65. The van der Waals surface area contributed by atoms with Crippen molar-refractivity contribution in [1.29, 1.82) is 0 Å². The molecule has 1 aromatic heterocycles. The largest absolute Gasteiger partial charge is 0.490 e. The predicted molar refractivity (Wildman–Crippen MR) is 107 cm³/mol. The number of aryl methyl sites for hydroxylation is 2. The van der Waals surface area contributed by atoms with Crippen LogP contribution in [0.1, 0.15) is 50.0 Å². The highest BCUT2D eigenvalue weighted by Gasteiger charge is 2.25. The number of hydrogen-bond acceptors (Lipinski definition) is 4. The van der Waals surface area contributed by atoms with Crippen LogP contribution >= 0.6 is 0 Å². The topological polar surface area (TPSA) is 56.6 Å². The van der Waals surface area contributed by atoms with Crippen molar-refractivity contribution in [3.05, 3.63) is 42.0 Å². The maximum absolute atomic E-state index is 12.8. The molecule has 150 valence electrons. The minimum absolute atomic E-state index is 0.231. The number of rotatable bonds is 5. The van der Waals surface area contributed by atoms with Crippen LogP contribution in [-0.2, 0) is 17.6 Å². The summed E-state index contributed by atoms with van der Waals surface area (Å²) in [5.74, 6) is 2.94. The number of nitrogens with zero attached hydrogens (tertiary/aromatic N) is 3. The molecule has 1 aromatic carbocycles. The van der Waals surface area contributed by atoms with E-state index in [1.165, 1.54) is 0 Å². The van der Waals surface area contributed by atoms with Gasteiger partial charge in [0.15, 0.2) is 11.5 Å². The second-order valence-electron chi connectivity index (χ2n) is 7.57. The summed E-state index contributed by atoms with van der Waals surface area (Å²) < 4.78 is 13.7. The number of piperidine rings is 1. The van der Waals surface area contributed by atoms with Crippen LogP contribution in [-0.4, -0.2) is 46.7 Å². The Morgan fingerprint density at radius 3 is 2.93 bits per heavy atom. The maximum Gasteiger partial charge on any atom is 0.222 e. The summed E-state index contributed by atoms with van der Waals surface area (Å²) in [6.45, 7) is 5.13. The van der Waals surface area contributed by atoms with Crippen molar-refractivity contribution >= 4 is 5.91 Å². The third kappa shape index (κ3) is 4.16. The molecule has 1 amide bonds. The van der Waals surface area contributed by atoms with E-state index in [-0.39, 0.29) is 5.91 Å². The van der Waals surface area contributed by atoms with E-state index in [1.807, 2.05) is 29.3 Å². The highest BCUT2D eigenvalue weighted by atomic mass is 16.5. The Kier molecular flexibility index (Phi) is 5.84.